The number of ether oxygens (including phenoxy) is 2. The van der Waals surface area contributed by atoms with Gasteiger partial charge < -0.3 is 14.8 Å². The Kier molecular flexibility index (Phi) is 7.66. The van der Waals surface area contributed by atoms with E-state index in [9.17, 15) is 4.79 Å². The second-order valence-corrected chi connectivity index (χ2v) is 4.20. The fraction of sp³-hybridized carbons (Fsp3) is 0.533. The molecule has 4 heteroatoms. The first-order chi connectivity index (χ1) is 9.27. The van der Waals surface area contributed by atoms with E-state index >= 15 is 0 Å². The summed E-state index contributed by atoms with van der Waals surface area (Å²) in [6.45, 7) is 6.69. The second-order valence-electron chi connectivity index (χ2n) is 4.20. The van der Waals surface area contributed by atoms with Crippen molar-refractivity contribution in [2.24, 2.45) is 0 Å². The maximum Gasteiger partial charge on any atom is 0.338 e. The van der Waals surface area contributed by atoms with Crippen LogP contribution < -0.4 is 10.1 Å². The zero-order valence-corrected chi connectivity index (χ0v) is 11.8. The van der Waals surface area contributed by atoms with Gasteiger partial charge in [0, 0.05) is 6.54 Å². The van der Waals surface area contributed by atoms with Gasteiger partial charge in [-0.15, -0.1) is 0 Å². The van der Waals surface area contributed by atoms with Crippen molar-refractivity contribution in [1.29, 1.82) is 0 Å². The summed E-state index contributed by atoms with van der Waals surface area (Å²) in [4.78, 5) is 11.8. The van der Waals surface area contributed by atoms with E-state index in [1.165, 1.54) is 0 Å². The van der Waals surface area contributed by atoms with Crippen LogP contribution in [0.5, 0.6) is 5.75 Å². The molecule has 0 fully saturated rings. The fourth-order valence-corrected chi connectivity index (χ4v) is 1.61. The highest BCUT2D eigenvalue weighted by Crippen LogP contribution is 2.13. The number of unbranched alkanes of at least 4 members (excludes halogenated alkanes) is 1. The number of nitrogens with one attached hydrogen (secondary N) is 1. The molecule has 0 saturated carbocycles. The minimum atomic E-state index is -0.307. The van der Waals surface area contributed by atoms with E-state index in [2.05, 4.69) is 12.2 Å². The Hall–Kier alpha value is -1.55. The first-order valence-corrected chi connectivity index (χ1v) is 6.88. The third-order valence-corrected chi connectivity index (χ3v) is 2.60. The Morgan fingerprint density at radius 1 is 1.26 bits per heavy atom. The quantitative estimate of drug-likeness (QED) is 0.551. The van der Waals surface area contributed by atoms with Gasteiger partial charge in [-0.2, -0.15) is 0 Å². The number of carbonyl (C=O) groups excluding carboxylic acids is 1. The molecule has 106 valence electrons. The van der Waals surface area contributed by atoms with Crippen LogP contribution in [0.4, 0.5) is 0 Å². The third-order valence-electron chi connectivity index (χ3n) is 2.60. The van der Waals surface area contributed by atoms with Crippen molar-refractivity contribution in [3.63, 3.8) is 0 Å². The fourth-order valence-electron chi connectivity index (χ4n) is 1.61. The Morgan fingerprint density at radius 3 is 2.84 bits per heavy atom. The van der Waals surface area contributed by atoms with Gasteiger partial charge in [-0.05, 0) is 38.1 Å². The Balaban J connectivity index is 2.30. The van der Waals surface area contributed by atoms with Crippen molar-refractivity contribution in [2.75, 3.05) is 26.3 Å². The van der Waals surface area contributed by atoms with Crippen molar-refractivity contribution in [2.45, 2.75) is 26.7 Å². The van der Waals surface area contributed by atoms with Crippen molar-refractivity contribution < 1.29 is 14.3 Å². The molecule has 0 unspecified atom stereocenters. The highest BCUT2D eigenvalue weighted by molar-refractivity contribution is 5.89. The van der Waals surface area contributed by atoms with E-state index in [0.29, 0.717) is 31.1 Å². The molecule has 0 aliphatic rings. The summed E-state index contributed by atoms with van der Waals surface area (Å²) in [5.41, 5.74) is 0.527. The molecule has 0 aliphatic heterocycles. The Morgan fingerprint density at radius 2 is 2.11 bits per heavy atom. The van der Waals surface area contributed by atoms with Gasteiger partial charge in [-0.1, -0.05) is 19.4 Å². The predicted octanol–water partition coefficient (Wildman–Crippen LogP) is 2.63. The summed E-state index contributed by atoms with van der Waals surface area (Å²) in [6, 6.07) is 7.05. The summed E-state index contributed by atoms with van der Waals surface area (Å²) >= 11 is 0. The van der Waals surface area contributed by atoms with Crippen LogP contribution >= 0.6 is 0 Å². The third kappa shape index (κ3) is 6.25. The van der Waals surface area contributed by atoms with Crippen molar-refractivity contribution >= 4 is 5.97 Å². The van der Waals surface area contributed by atoms with E-state index in [1.807, 2.05) is 13.0 Å². The van der Waals surface area contributed by atoms with Crippen LogP contribution in [0, 0.1) is 0 Å². The van der Waals surface area contributed by atoms with E-state index in [1.54, 1.807) is 18.2 Å². The number of carbonyl (C=O) groups is 1. The highest BCUT2D eigenvalue weighted by atomic mass is 16.5. The molecule has 0 atom stereocenters. The van der Waals surface area contributed by atoms with Crippen LogP contribution in [0.15, 0.2) is 24.3 Å². The predicted molar refractivity (Wildman–Crippen MR) is 75.7 cm³/mol. The van der Waals surface area contributed by atoms with Gasteiger partial charge in [-0.3, -0.25) is 0 Å². The van der Waals surface area contributed by atoms with Gasteiger partial charge >= 0.3 is 5.97 Å². The maximum absolute atomic E-state index is 11.8. The van der Waals surface area contributed by atoms with Gasteiger partial charge in [0.05, 0.1) is 12.2 Å². The molecule has 0 saturated heterocycles. The lowest BCUT2D eigenvalue weighted by atomic mass is 10.2. The summed E-state index contributed by atoms with van der Waals surface area (Å²) in [5, 5.41) is 3.22. The molecule has 0 aromatic heterocycles. The summed E-state index contributed by atoms with van der Waals surface area (Å²) in [5.74, 6) is 0.386. The summed E-state index contributed by atoms with van der Waals surface area (Å²) in [6.07, 6.45) is 2.31. The molecule has 4 nitrogen and oxygen atoms in total. The smallest absolute Gasteiger partial charge is 0.338 e. The number of benzene rings is 1. The number of rotatable bonds is 9. The number of hydrogen-bond donors (Lipinski definition) is 1. The molecule has 0 spiro atoms. The van der Waals surface area contributed by atoms with Gasteiger partial charge in [0.1, 0.15) is 12.4 Å². The van der Waals surface area contributed by atoms with Crippen LogP contribution in [0.2, 0.25) is 0 Å². The number of hydrogen-bond acceptors (Lipinski definition) is 4. The normalized spacial score (nSPS) is 10.2. The molecule has 0 aliphatic carbocycles. The van der Waals surface area contributed by atoms with Crippen molar-refractivity contribution in [1.82, 2.24) is 5.32 Å². The molecule has 1 N–H and O–H groups in total. The minimum Gasteiger partial charge on any atom is -0.494 e. The maximum atomic E-state index is 11.8. The topological polar surface area (TPSA) is 47.6 Å². The standard InChI is InChI=1S/C15H23NO3/c1-3-5-9-16-10-11-19-15(17)13-7-6-8-14(12-13)18-4-2/h6-8,12,16H,3-5,9-11H2,1-2H3. The summed E-state index contributed by atoms with van der Waals surface area (Å²) in [7, 11) is 0. The molecular formula is C15H23NO3. The van der Waals surface area contributed by atoms with Gasteiger partial charge in [-0.25, -0.2) is 4.79 Å². The van der Waals surface area contributed by atoms with Crippen LogP contribution in [0.1, 0.15) is 37.0 Å². The second kappa shape index (κ2) is 9.39. The average Bonchev–Trinajstić information content (AvgIpc) is 2.43. The zero-order valence-electron chi connectivity index (χ0n) is 11.8. The molecule has 1 rings (SSSR count). The first kappa shape index (κ1) is 15.5. The molecule has 0 bridgehead atoms. The van der Waals surface area contributed by atoms with Crippen molar-refractivity contribution in [3.8, 4) is 5.75 Å². The van der Waals surface area contributed by atoms with Gasteiger partial charge in [0.2, 0.25) is 0 Å². The minimum absolute atomic E-state index is 0.307. The molecule has 0 heterocycles. The van der Waals surface area contributed by atoms with Crippen molar-refractivity contribution in [3.05, 3.63) is 29.8 Å². The van der Waals surface area contributed by atoms with Crippen LogP contribution in [0.25, 0.3) is 0 Å². The zero-order chi connectivity index (χ0) is 13.9. The van der Waals surface area contributed by atoms with E-state index in [4.69, 9.17) is 9.47 Å². The van der Waals surface area contributed by atoms with E-state index < -0.39 is 0 Å². The van der Waals surface area contributed by atoms with Crippen LogP contribution in [0.3, 0.4) is 0 Å². The lowest BCUT2D eigenvalue weighted by Gasteiger charge is -2.07. The molecular weight excluding hydrogens is 242 g/mol. The molecule has 1 aromatic rings. The van der Waals surface area contributed by atoms with Gasteiger partial charge in [0.15, 0.2) is 0 Å². The van der Waals surface area contributed by atoms with E-state index in [-0.39, 0.29) is 5.97 Å². The Labute approximate surface area is 115 Å². The monoisotopic (exact) mass is 265 g/mol. The van der Waals surface area contributed by atoms with E-state index in [0.717, 1.165) is 19.4 Å². The molecule has 0 radical (unpaired) electrons. The SMILES string of the molecule is CCCCNCCOC(=O)c1cccc(OCC)c1. The number of esters is 1. The highest BCUT2D eigenvalue weighted by Gasteiger charge is 2.07. The molecule has 19 heavy (non-hydrogen) atoms. The average molecular weight is 265 g/mol. The largest absolute Gasteiger partial charge is 0.494 e. The summed E-state index contributed by atoms with van der Waals surface area (Å²) < 4.78 is 10.5. The van der Waals surface area contributed by atoms with Gasteiger partial charge in [0.25, 0.3) is 0 Å². The first-order valence-electron chi connectivity index (χ1n) is 6.88. The lowest BCUT2D eigenvalue weighted by molar-refractivity contribution is 0.0508. The van der Waals surface area contributed by atoms with Crippen LogP contribution in [-0.4, -0.2) is 32.3 Å². The van der Waals surface area contributed by atoms with Crippen LogP contribution in [-0.2, 0) is 4.74 Å². The Bertz CT molecular complexity index is 379. The lowest BCUT2D eigenvalue weighted by Crippen LogP contribution is -2.22. The molecule has 0 amide bonds. The molecule has 1 aromatic carbocycles.